The van der Waals surface area contributed by atoms with Crippen LogP contribution in [-0.4, -0.2) is 31.5 Å². The van der Waals surface area contributed by atoms with Gasteiger partial charge in [0.1, 0.15) is 0 Å². The zero-order valence-electron chi connectivity index (χ0n) is 11.3. The van der Waals surface area contributed by atoms with E-state index in [2.05, 4.69) is 45.5 Å². The first kappa shape index (κ1) is 15.0. The molecule has 1 saturated carbocycles. The summed E-state index contributed by atoms with van der Waals surface area (Å²) < 4.78 is 6.05. The quantitative estimate of drug-likeness (QED) is 0.771. The summed E-state index contributed by atoms with van der Waals surface area (Å²) >= 11 is 3.47. The van der Waals surface area contributed by atoms with E-state index < -0.39 is 0 Å². The van der Waals surface area contributed by atoms with Gasteiger partial charge < -0.3 is 15.2 Å². The zero-order valence-corrected chi connectivity index (χ0v) is 12.9. The summed E-state index contributed by atoms with van der Waals surface area (Å²) in [4.78, 5) is 0. The number of ether oxygens (including phenoxy) is 1. The molecule has 0 saturated heterocycles. The average molecular weight is 328 g/mol. The van der Waals surface area contributed by atoms with Gasteiger partial charge in [-0.25, -0.2) is 0 Å². The molecule has 2 atom stereocenters. The van der Waals surface area contributed by atoms with Crippen LogP contribution >= 0.6 is 15.9 Å². The molecule has 2 unspecified atom stereocenters. The zero-order chi connectivity index (χ0) is 13.7. The number of methoxy groups -OCH3 is 1. The van der Waals surface area contributed by atoms with Gasteiger partial charge in [0.05, 0.1) is 12.7 Å². The van der Waals surface area contributed by atoms with Crippen LogP contribution in [0.15, 0.2) is 28.7 Å². The van der Waals surface area contributed by atoms with Crippen molar-refractivity contribution >= 4 is 15.9 Å². The van der Waals surface area contributed by atoms with E-state index in [1.807, 2.05) is 0 Å². The molecule has 2 N–H and O–H groups in total. The van der Waals surface area contributed by atoms with E-state index in [0.29, 0.717) is 12.6 Å². The Bertz CT molecular complexity index is 378. The Morgan fingerprint density at radius 1 is 1.37 bits per heavy atom. The minimum atomic E-state index is -0.373. The van der Waals surface area contributed by atoms with Crippen LogP contribution in [0.25, 0.3) is 0 Å². The molecule has 106 valence electrons. The van der Waals surface area contributed by atoms with E-state index in [4.69, 9.17) is 4.74 Å². The van der Waals surface area contributed by atoms with Gasteiger partial charge in [-0.15, -0.1) is 0 Å². The summed E-state index contributed by atoms with van der Waals surface area (Å²) in [6.45, 7) is 1.23. The molecule has 4 heteroatoms. The van der Waals surface area contributed by atoms with Crippen molar-refractivity contribution in [3.05, 3.63) is 34.3 Å². The van der Waals surface area contributed by atoms with Crippen LogP contribution in [0, 0.1) is 5.92 Å². The predicted octanol–water partition coefficient (Wildman–Crippen LogP) is 2.89. The monoisotopic (exact) mass is 327 g/mol. The molecule has 0 amide bonds. The average Bonchev–Trinajstić information content (AvgIpc) is 3.21. The molecule has 1 aromatic carbocycles. The molecule has 1 aromatic rings. The normalized spacial score (nSPS) is 18.3. The summed E-state index contributed by atoms with van der Waals surface area (Å²) in [6, 6.07) is 8.94. The molecule has 0 aliphatic heterocycles. The molecule has 0 radical (unpaired) electrons. The molecule has 1 fully saturated rings. The lowest BCUT2D eigenvalue weighted by molar-refractivity contribution is 0.0588. The maximum absolute atomic E-state index is 9.65. The second kappa shape index (κ2) is 7.39. The first-order valence-electron chi connectivity index (χ1n) is 6.86. The highest BCUT2D eigenvalue weighted by atomic mass is 79.9. The molecule has 2 rings (SSSR count). The van der Waals surface area contributed by atoms with E-state index in [1.54, 1.807) is 7.11 Å². The van der Waals surface area contributed by atoms with Crippen LogP contribution in [0.4, 0.5) is 0 Å². The van der Waals surface area contributed by atoms with E-state index in [9.17, 15) is 5.11 Å². The fraction of sp³-hybridized carbons (Fsp3) is 0.600. The maximum atomic E-state index is 9.65. The highest BCUT2D eigenvalue weighted by molar-refractivity contribution is 9.10. The van der Waals surface area contributed by atoms with Crippen LogP contribution in [0.3, 0.4) is 0 Å². The summed E-state index contributed by atoms with van der Waals surface area (Å²) in [7, 11) is 1.62. The van der Waals surface area contributed by atoms with Gasteiger partial charge in [0, 0.05) is 17.6 Å². The third-order valence-corrected chi connectivity index (χ3v) is 4.05. The van der Waals surface area contributed by atoms with Crippen molar-refractivity contribution in [2.75, 3.05) is 20.3 Å². The third kappa shape index (κ3) is 4.88. The Balaban J connectivity index is 1.85. The number of nitrogens with one attached hydrogen (secondary N) is 1. The standard InChI is InChI=1S/C15H22BrNO2/c1-19-10-14(18)8-9-17-15(11-2-3-11)12-4-6-13(16)7-5-12/h4-7,11,14-15,17-18H,2-3,8-10H2,1H3. The van der Waals surface area contributed by atoms with Crippen molar-refractivity contribution in [2.45, 2.75) is 31.4 Å². The van der Waals surface area contributed by atoms with Gasteiger partial charge >= 0.3 is 0 Å². The lowest BCUT2D eigenvalue weighted by Crippen LogP contribution is -2.28. The molecule has 1 aliphatic rings. The molecule has 19 heavy (non-hydrogen) atoms. The predicted molar refractivity (Wildman–Crippen MR) is 80.1 cm³/mol. The SMILES string of the molecule is COCC(O)CCNC(c1ccc(Br)cc1)C1CC1. The lowest BCUT2D eigenvalue weighted by Gasteiger charge is -2.20. The number of benzene rings is 1. The van der Waals surface area contributed by atoms with E-state index in [1.165, 1.54) is 18.4 Å². The fourth-order valence-electron chi connectivity index (χ4n) is 2.34. The highest BCUT2D eigenvalue weighted by Crippen LogP contribution is 2.41. The Morgan fingerprint density at radius 3 is 2.63 bits per heavy atom. The molecular weight excluding hydrogens is 306 g/mol. The van der Waals surface area contributed by atoms with E-state index >= 15 is 0 Å². The molecule has 1 aliphatic carbocycles. The lowest BCUT2D eigenvalue weighted by atomic mass is 10.0. The van der Waals surface area contributed by atoms with Crippen molar-refractivity contribution in [2.24, 2.45) is 5.92 Å². The van der Waals surface area contributed by atoms with E-state index in [0.717, 1.165) is 23.4 Å². The molecular formula is C15H22BrNO2. The first-order chi connectivity index (χ1) is 9.20. The van der Waals surface area contributed by atoms with Crippen LogP contribution in [-0.2, 0) is 4.74 Å². The minimum Gasteiger partial charge on any atom is -0.391 e. The Hall–Kier alpha value is -0.420. The topological polar surface area (TPSA) is 41.5 Å². The van der Waals surface area contributed by atoms with E-state index in [-0.39, 0.29) is 6.10 Å². The van der Waals surface area contributed by atoms with Gasteiger partial charge in [0.15, 0.2) is 0 Å². The van der Waals surface area contributed by atoms with Crippen molar-refractivity contribution < 1.29 is 9.84 Å². The number of aliphatic hydroxyl groups excluding tert-OH is 1. The van der Waals surface area contributed by atoms with Gasteiger partial charge in [-0.2, -0.15) is 0 Å². The smallest absolute Gasteiger partial charge is 0.0785 e. The number of halogens is 1. The van der Waals surface area contributed by atoms with Crippen LogP contribution < -0.4 is 5.32 Å². The molecule has 0 spiro atoms. The van der Waals surface area contributed by atoms with Gasteiger partial charge in [-0.1, -0.05) is 28.1 Å². The van der Waals surface area contributed by atoms with Crippen molar-refractivity contribution in [1.82, 2.24) is 5.32 Å². The Labute approximate surface area is 123 Å². The number of aliphatic hydroxyl groups is 1. The largest absolute Gasteiger partial charge is 0.391 e. The number of rotatable bonds is 8. The second-order valence-corrected chi connectivity index (χ2v) is 6.13. The van der Waals surface area contributed by atoms with Gasteiger partial charge in [-0.3, -0.25) is 0 Å². The van der Waals surface area contributed by atoms with Crippen LogP contribution in [0.1, 0.15) is 30.9 Å². The molecule has 0 bridgehead atoms. The highest BCUT2D eigenvalue weighted by Gasteiger charge is 2.31. The van der Waals surface area contributed by atoms with Crippen LogP contribution in [0.2, 0.25) is 0 Å². The first-order valence-corrected chi connectivity index (χ1v) is 7.66. The third-order valence-electron chi connectivity index (χ3n) is 3.52. The summed E-state index contributed by atoms with van der Waals surface area (Å²) in [5, 5.41) is 13.2. The Morgan fingerprint density at radius 2 is 2.05 bits per heavy atom. The molecule has 3 nitrogen and oxygen atoms in total. The Kier molecular flexibility index (Phi) is 5.82. The van der Waals surface area contributed by atoms with Crippen molar-refractivity contribution in [3.63, 3.8) is 0 Å². The van der Waals surface area contributed by atoms with Gasteiger partial charge in [0.25, 0.3) is 0 Å². The number of hydrogen-bond acceptors (Lipinski definition) is 3. The number of hydrogen-bond donors (Lipinski definition) is 2. The fourth-order valence-corrected chi connectivity index (χ4v) is 2.60. The van der Waals surface area contributed by atoms with Gasteiger partial charge in [-0.05, 0) is 49.4 Å². The summed E-state index contributed by atoms with van der Waals surface area (Å²) in [6.07, 6.45) is 2.96. The second-order valence-electron chi connectivity index (χ2n) is 5.22. The minimum absolute atomic E-state index is 0.373. The van der Waals surface area contributed by atoms with Gasteiger partial charge in [0.2, 0.25) is 0 Å². The van der Waals surface area contributed by atoms with Crippen molar-refractivity contribution in [1.29, 1.82) is 0 Å². The molecule has 0 heterocycles. The summed E-state index contributed by atoms with van der Waals surface area (Å²) in [5.41, 5.74) is 1.34. The molecule has 0 aromatic heterocycles. The van der Waals surface area contributed by atoms with Crippen LogP contribution in [0.5, 0.6) is 0 Å². The maximum Gasteiger partial charge on any atom is 0.0785 e. The van der Waals surface area contributed by atoms with Crippen molar-refractivity contribution in [3.8, 4) is 0 Å². The summed E-state index contributed by atoms with van der Waals surface area (Å²) in [5.74, 6) is 0.751.